The van der Waals surface area contributed by atoms with E-state index in [1.54, 1.807) is 0 Å². The number of para-hydroxylation sites is 1. The summed E-state index contributed by atoms with van der Waals surface area (Å²) in [7, 11) is 0. The molecule has 35 heavy (non-hydrogen) atoms. The summed E-state index contributed by atoms with van der Waals surface area (Å²) in [5.41, 5.74) is 4.56. The monoisotopic (exact) mass is 472 g/mol. The highest BCUT2D eigenvalue weighted by Gasteiger charge is 2.44. The maximum Gasteiger partial charge on any atom is 0.197 e. The number of H-pyrrole nitrogens is 1. The third-order valence-electron chi connectivity index (χ3n) is 9.03. The van der Waals surface area contributed by atoms with E-state index in [1.165, 1.54) is 0 Å². The number of aromatic amines is 1. The van der Waals surface area contributed by atoms with Crippen LogP contribution < -0.4 is 4.90 Å². The molecule has 0 saturated carbocycles. The molecule has 1 aromatic carbocycles. The number of anilines is 1. The molecule has 2 saturated heterocycles. The Morgan fingerprint density at radius 1 is 1.06 bits per heavy atom. The number of nitrogens with one attached hydrogen (secondary N) is 1. The van der Waals surface area contributed by atoms with Gasteiger partial charge >= 0.3 is 0 Å². The van der Waals surface area contributed by atoms with E-state index in [1.807, 2.05) is 24.4 Å². The van der Waals surface area contributed by atoms with Crippen molar-refractivity contribution in [2.45, 2.75) is 51.5 Å². The lowest BCUT2D eigenvalue weighted by Crippen LogP contribution is -2.61. The second-order valence-electron chi connectivity index (χ2n) is 11.3. The van der Waals surface area contributed by atoms with Gasteiger partial charge in [-0.3, -0.25) is 9.69 Å². The lowest BCUT2D eigenvalue weighted by molar-refractivity contribution is -0.0522. The lowest BCUT2D eigenvalue weighted by atomic mass is 9.71. The number of carbonyl (C=O) groups excluding carboxylic acids is 1. The van der Waals surface area contributed by atoms with Gasteiger partial charge in [-0.25, -0.2) is 4.98 Å². The fourth-order valence-electron chi connectivity index (χ4n) is 6.82. The molecule has 3 aliphatic rings. The third-order valence-corrected chi connectivity index (χ3v) is 9.03. The first-order valence-corrected chi connectivity index (χ1v) is 13.1. The number of hydrogen-bond donors (Lipinski definition) is 1. The lowest BCUT2D eigenvalue weighted by Gasteiger charge is -2.53. The van der Waals surface area contributed by atoms with Gasteiger partial charge in [0.2, 0.25) is 0 Å². The standard InChI is InChI=1S/C29H36N4O2/c1-19(2)29(33-13-15-35-16-14-33)9-11-32(12-10-29)24-17-22-21(18-30-24)26(34)25-20-7-5-6-8-23(20)31-27(25)28(22,3)4/h5-8,17-19,31H,9-16H2,1-4H3. The zero-order chi connectivity index (χ0) is 24.4. The summed E-state index contributed by atoms with van der Waals surface area (Å²) in [6.45, 7) is 14.9. The van der Waals surface area contributed by atoms with Crippen LogP contribution in [0.15, 0.2) is 36.5 Å². The predicted octanol–water partition coefficient (Wildman–Crippen LogP) is 4.76. The molecule has 2 aromatic heterocycles. The molecule has 1 N–H and O–H groups in total. The van der Waals surface area contributed by atoms with E-state index in [4.69, 9.17) is 9.72 Å². The van der Waals surface area contributed by atoms with Crippen molar-refractivity contribution < 1.29 is 9.53 Å². The maximum absolute atomic E-state index is 13.6. The molecular formula is C29H36N4O2. The van der Waals surface area contributed by atoms with Crippen LogP contribution in [0.4, 0.5) is 5.82 Å². The number of nitrogens with zero attached hydrogens (tertiary/aromatic N) is 3. The van der Waals surface area contributed by atoms with Crippen LogP contribution in [-0.4, -0.2) is 65.6 Å². The number of hydrogen-bond acceptors (Lipinski definition) is 5. The Morgan fingerprint density at radius 3 is 2.49 bits per heavy atom. The van der Waals surface area contributed by atoms with Crippen LogP contribution in [0.2, 0.25) is 0 Å². The molecule has 0 amide bonds. The quantitative estimate of drug-likeness (QED) is 0.596. The van der Waals surface area contributed by atoms with Crippen LogP contribution >= 0.6 is 0 Å². The van der Waals surface area contributed by atoms with Crippen molar-refractivity contribution in [1.29, 1.82) is 0 Å². The fraction of sp³-hybridized carbons (Fsp3) is 0.517. The molecule has 0 bridgehead atoms. The number of carbonyl (C=O) groups is 1. The Hall–Kier alpha value is -2.70. The zero-order valence-electron chi connectivity index (χ0n) is 21.4. The minimum Gasteiger partial charge on any atom is -0.379 e. The number of pyridine rings is 1. The number of aromatic nitrogens is 2. The second-order valence-corrected chi connectivity index (χ2v) is 11.3. The normalized spacial score (nSPS) is 21.9. The summed E-state index contributed by atoms with van der Waals surface area (Å²) >= 11 is 0. The number of piperidine rings is 1. The summed E-state index contributed by atoms with van der Waals surface area (Å²) in [4.78, 5) is 27.1. The van der Waals surface area contributed by atoms with Gasteiger partial charge in [-0.15, -0.1) is 0 Å². The predicted molar refractivity (Wildman–Crippen MR) is 140 cm³/mol. The summed E-state index contributed by atoms with van der Waals surface area (Å²) < 4.78 is 5.64. The minimum atomic E-state index is -0.305. The number of rotatable bonds is 3. The molecular weight excluding hydrogens is 436 g/mol. The van der Waals surface area contributed by atoms with Crippen molar-refractivity contribution in [2.24, 2.45) is 5.92 Å². The zero-order valence-corrected chi connectivity index (χ0v) is 21.4. The van der Waals surface area contributed by atoms with Gasteiger partial charge in [-0.1, -0.05) is 45.9 Å². The maximum atomic E-state index is 13.6. The van der Waals surface area contributed by atoms with Crippen molar-refractivity contribution in [1.82, 2.24) is 14.9 Å². The van der Waals surface area contributed by atoms with Gasteiger partial charge in [0.15, 0.2) is 5.78 Å². The van der Waals surface area contributed by atoms with Crippen LogP contribution in [-0.2, 0) is 10.2 Å². The Labute approximate surface area is 207 Å². The van der Waals surface area contributed by atoms with Crippen molar-refractivity contribution in [3.8, 4) is 0 Å². The summed E-state index contributed by atoms with van der Waals surface area (Å²) in [6.07, 6.45) is 4.07. The molecule has 2 fully saturated rings. The molecule has 6 nitrogen and oxygen atoms in total. The van der Waals surface area contributed by atoms with E-state index < -0.39 is 0 Å². The molecule has 3 aromatic rings. The Bertz CT molecular complexity index is 1280. The van der Waals surface area contributed by atoms with Gasteiger partial charge in [-0.2, -0.15) is 0 Å². The van der Waals surface area contributed by atoms with Gasteiger partial charge in [0.05, 0.1) is 18.8 Å². The first-order valence-electron chi connectivity index (χ1n) is 13.1. The first kappa shape index (κ1) is 22.7. The average molecular weight is 473 g/mol. The molecule has 0 radical (unpaired) electrons. The average Bonchev–Trinajstić information content (AvgIpc) is 3.29. The molecule has 0 atom stereocenters. The molecule has 0 unspecified atom stereocenters. The molecule has 6 heteroatoms. The van der Waals surface area contributed by atoms with E-state index >= 15 is 0 Å². The minimum absolute atomic E-state index is 0.0793. The van der Waals surface area contributed by atoms with E-state index in [-0.39, 0.29) is 16.7 Å². The van der Waals surface area contributed by atoms with Crippen LogP contribution in [0.1, 0.15) is 67.7 Å². The van der Waals surface area contributed by atoms with E-state index in [9.17, 15) is 4.79 Å². The molecule has 184 valence electrons. The number of fused-ring (bicyclic) bond motifs is 4. The molecule has 4 heterocycles. The highest BCUT2D eigenvalue weighted by atomic mass is 16.5. The topological polar surface area (TPSA) is 61.5 Å². The van der Waals surface area contributed by atoms with E-state index in [2.05, 4.69) is 54.6 Å². The number of ketones is 1. The van der Waals surface area contributed by atoms with Crippen molar-refractivity contribution in [2.75, 3.05) is 44.3 Å². The largest absolute Gasteiger partial charge is 0.379 e. The van der Waals surface area contributed by atoms with Gasteiger partial charge in [0.1, 0.15) is 5.82 Å². The smallest absolute Gasteiger partial charge is 0.197 e. The van der Waals surface area contributed by atoms with Crippen molar-refractivity contribution in [3.63, 3.8) is 0 Å². The summed E-state index contributed by atoms with van der Waals surface area (Å²) in [6, 6.07) is 10.3. The molecule has 1 aliphatic carbocycles. The first-order chi connectivity index (χ1) is 16.8. The highest BCUT2D eigenvalue weighted by molar-refractivity contribution is 6.20. The van der Waals surface area contributed by atoms with Gasteiger partial charge in [0, 0.05) is 65.5 Å². The van der Waals surface area contributed by atoms with Crippen LogP contribution in [0.25, 0.3) is 10.9 Å². The Morgan fingerprint density at radius 2 is 1.77 bits per heavy atom. The SMILES string of the molecule is CC(C)C1(N2CCOCC2)CCN(c2cc3c(cn2)C(=O)c2c([nH]c4ccccc24)C3(C)C)CC1. The number of benzene rings is 1. The number of ether oxygens (including phenoxy) is 1. The Balaban J connectivity index is 1.31. The Kier molecular flexibility index (Phi) is 5.31. The van der Waals surface area contributed by atoms with Gasteiger partial charge < -0.3 is 14.6 Å². The molecule has 2 aliphatic heterocycles. The van der Waals surface area contributed by atoms with Crippen LogP contribution in [0.5, 0.6) is 0 Å². The van der Waals surface area contributed by atoms with Gasteiger partial charge in [-0.05, 0) is 36.5 Å². The number of morpholine rings is 1. The van der Waals surface area contributed by atoms with E-state index in [0.717, 1.165) is 91.3 Å². The highest BCUT2D eigenvalue weighted by Crippen LogP contribution is 2.45. The second kappa shape index (κ2) is 8.17. The molecule has 6 rings (SSSR count). The van der Waals surface area contributed by atoms with E-state index in [0.29, 0.717) is 5.92 Å². The third kappa shape index (κ3) is 3.37. The summed E-state index contributed by atoms with van der Waals surface area (Å²) in [5, 5.41) is 1.000. The fourth-order valence-corrected chi connectivity index (χ4v) is 6.82. The summed E-state index contributed by atoms with van der Waals surface area (Å²) in [5.74, 6) is 1.66. The molecule has 0 spiro atoms. The van der Waals surface area contributed by atoms with Crippen molar-refractivity contribution in [3.05, 3.63) is 58.9 Å². The van der Waals surface area contributed by atoms with Crippen LogP contribution in [0.3, 0.4) is 0 Å². The van der Waals surface area contributed by atoms with Gasteiger partial charge in [0.25, 0.3) is 0 Å². The van der Waals surface area contributed by atoms with Crippen LogP contribution in [0, 0.1) is 5.92 Å². The van der Waals surface area contributed by atoms with Crippen molar-refractivity contribution >= 4 is 22.5 Å².